The number of esters is 3. The second-order valence-electron chi connectivity index (χ2n) is 16.2. The molecule has 0 unspecified atom stereocenters. The van der Waals surface area contributed by atoms with Gasteiger partial charge in [-0.1, -0.05) is 214 Å². The molecule has 1 atom stereocenters. The maximum Gasteiger partial charge on any atom is 0.306 e. The standard InChI is InChI=1S/C46H88O6/c1-5-7-9-11-13-14-15-19-22-26-29-33-37-44(47)50-40-43(52-46(49)39-35-31-24-12-10-8-6-2)41-51-45(48)38-34-30-27-23-20-17-16-18-21-25-28-32-36-42(3)4/h42-43H,5-41H2,1-4H3/t43-/m1/s1. The summed E-state index contributed by atoms with van der Waals surface area (Å²) in [5.74, 6) is -0.0263. The molecule has 0 aliphatic rings. The van der Waals surface area contributed by atoms with Gasteiger partial charge in [-0.25, -0.2) is 0 Å². The Kier molecular flexibility index (Phi) is 39.4. The molecule has 0 spiro atoms. The van der Waals surface area contributed by atoms with Crippen LogP contribution in [-0.2, 0) is 28.6 Å². The van der Waals surface area contributed by atoms with E-state index in [0.717, 1.165) is 63.7 Å². The molecule has 0 aromatic rings. The van der Waals surface area contributed by atoms with Crippen LogP contribution in [0, 0.1) is 5.92 Å². The molecule has 0 radical (unpaired) electrons. The SMILES string of the molecule is CCCCCCCCCCCCCCC(=O)OC[C@H](COC(=O)CCCCCCCCCCCCCCC(C)C)OC(=O)CCCCCCCCC. The van der Waals surface area contributed by atoms with Crippen LogP contribution < -0.4 is 0 Å². The van der Waals surface area contributed by atoms with Crippen LogP contribution in [0.1, 0.15) is 252 Å². The lowest BCUT2D eigenvalue weighted by atomic mass is 10.0. The summed E-state index contributed by atoms with van der Waals surface area (Å²) in [6, 6.07) is 0. The molecule has 6 heteroatoms. The van der Waals surface area contributed by atoms with Gasteiger partial charge in [-0.3, -0.25) is 14.4 Å². The highest BCUT2D eigenvalue weighted by molar-refractivity contribution is 5.71. The summed E-state index contributed by atoms with van der Waals surface area (Å²) in [5, 5.41) is 0. The van der Waals surface area contributed by atoms with Crippen molar-refractivity contribution in [2.75, 3.05) is 13.2 Å². The molecule has 0 bridgehead atoms. The number of rotatable bonds is 41. The van der Waals surface area contributed by atoms with Crippen molar-refractivity contribution >= 4 is 17.9 Å². The van der Waals surface area contributed by atoms with Gasteiger partial charge >= 0.3 is 17.9 Å². The van der Waals surface area contributed by atoms with Gasteiger partial charge in [-0.15, -0.1) is 0 Å². The van der Waals surface area contributed by atoms with E-state index in [-0.39, 0.29) is 31.1 Å². The topological polar surface area (TPSA) is 78.9 Å². The number of unbranched alkanes of at least 4 members (excludes halogenated alkanes) is 28. The molecular weight excluding hydrogens is 649 g/mol. The minimum absolute atomic E-state index is 0.0642. The third kappa shape index (κ3) is 39.6. The smallest absolute Gasteiger partial charge is 0.306 e. The molecule has 6 nitrogen and oxygen atoms in total. The molecule has 0 fully saturated rings. The van der Waals surface area contributed by atoms with Crippen LogP contribution in [0.2, 0.25) is 0 Å². The van der Waals surface area contributed by atoms with Crippen LogP contribution in [0.5, 0.6) is 0 Å². The van der Waals surface area contributed by atoms with Crippen molar-refractivity contribution in [1.29, 1.82) is 0 Å². The molecule has 0 saturated carbocycles. The van der Waals surface area contributed by atoms with Crippen molar-refractivity contribution in [2.45, 2.75) is 259 Å². The van der Waals surface area contributed by atoms with Crippen molar-refractivity contribution in [3.63, 3.8) is 0 Å². The number of carbonyl (C=O) groups is 3. The van der Waals surface area contributed by atoms with E-state index in [0.29, 0.717) is 19.3 Å². The number of ether oxygens (including phenoxy) is 3. The Labute approximate surface area is 323 Å². The minimum atomic E-state index is -0.757. The Bertz CT molecular complexity index is 781. The van der Waals surface area contributed by atoms with Crippen molar-refractivity contribution in [3.05, 3.63) is 0 Å². The molecule has 0 N–H and O–H groups in total. The molecule has 0 rings (SSSR count). The predicted molar refractivity (Wildman–Crippen MR) is 220 cm³/mol. The van der Waals surface area contributed by atoms with E-state index in [1.807, 2.05) is 0 Å². The first-order chi connectivity index (χ1) is 25.4. The third-order valence-electron chi connectivity index (χ3n) is 10.3. The highest BCUT2D eigenvalue weighted by Crippen LogP contribution is 2.16. The van der Waals surface area contributed by atoms with Gasteiger partial charge in [0.05, 0.1) is 0 Å². The molecule has 0 saturated heterocycles. The summed E-state index contributed by atoms with van der Waals surface area (Å²) in [5.41, 5.74) is 0. The lowest BCUT2D eigenvalue weighted by Gasteiger charge is -2.18. The largest absolute Gasteiger partial charge is 0.462 e. The Morgan fingerprint density at radius 2 is 0.635 bits per heavy atom. The van der Waals surface area contributed by atoms with Crippen LogP contribution >= 0.6 is 0 Å². The Morgan fingerprint density at radius 1 is 0.365 bits per heavy atom. The predicted octanol–water partition coefficient (Wildman–Crippen LogP) is 14.3. The summed E-state index contributed by atoms with van der Waals surface area (Å²) in [7, 11) is 0. The van der Waals surface area contributed by atoms with Crippen molar-refractivity contribution in [3.8, 4) is 0 Å². The highest BCUT2D eigenvalue weighted by Gasteiger charge is 2.19. The van der Waals surface area contributed by atoms with Crippen LogP contribution in [0.4, 0.5) is 0 Å². The van der Waals surface area contributed by atoms with Crippen molar-refractivity contribution in [1.82, 2.24) is 0 Å². The van der Waals surface area contributed by atoms with Gasteiger partial charge in [0.2, 0.25) is 0 Å². The Hall–Kier alpha value is -1.59. The number of carbonyl (C=O) groups excluding carboxylic acids is 3. The molecule has 52 heavy (non-hydrogen) atoms. The summed E-state index contributed by atoms with van der Waals surface area (Å²) < 4.78 is 16.7. The molecule has 0 aliphatic carbocycles. The Morgan fingerprint density at radius 3 is 0.942 bits per heavy atom. The molecule has 0 heterocycles. The van der Waals surface area contributed by atoms with Gasteiger partial charge in [0.15, 0.2) is 6.10 Å². The molecule has 0 amide bonds. The fraction of sp³-hybridized carbons (Fsp3) is 0.935. The van der Waals surface area contributed by atoms with E-state index < -0.39 is 6.10 Å². The average Bonchev–Trinajstić information content (AvgIpc) is 3.12. The summed E-state index contributed by atoms with van der Waals surface area (Å²) >= 11 is 0. The maximum atomic E-state index is 12.6. The van der Waals surface area contributed by atoms with E-state index in [1.54, 1.807) is 0 Å². The van der Waals surface area contributed by atoms with Crippen LogP contribution in [-0.4, -0.2) is 37.2 Å². The van der Waals surface area contributed by atoms with Gasteiger partial charge in [0.25, 0.3) is 0 Å². The maximum absolute atomic E-state index is 12.6. The second kappa shape index (κ2) is 40.6. The first-order valence-corrected chi connectivity index (χ1v) is 22.9. The Balaban J connectivity index is 4.22. The average molecular weight is 737 g/mol. The molecule has 0 aliphatic heterocycles. The summed E-state index contributed by atoms with van der Waals surface area (Å²) in [6.07, 6.45) is 39.5. The number of hydrogen-bond acceptors (Lipinski definition) is 6. The fourth-order valence-electron chi connectivity index (χ4n) is 6.80. The van der Waals surface area contributed by atoms with Gasteiger partial charge in [-0.2, -0.15) is 0 Å². The number of hydrogen-bond donors (Lipinski definition) is 0. The van der Waals surface area contributed by atoms with E-state index in [9.17, 15) is 14.4 Å². The van der Waals surface area contributed by atoms with E-state index in [1.165, 1.54) is 148 Å². The van der Waals surface area contributed by atoms with E-state index >= 15 is 0 Å². The highest BCUT2D eigenvalue weighted by atomic mass is 16.6. The zero-order valence-corrected chi connectivity index (χ0v) is 35.3. The first-order valence-electron chi connectivity index (χ1n) is 22.9. The quantitative estimate of drug-likeness (QED) is 0.0353. The normalized spacial score (nSPS) is 11.9. The van der Waals surface area contributed by atoms with E-state index in [4.69, 9.17) is 14.2 Å². The first kappa shape index (κ1) is 50.4. The molecular formula is C46H88O6. The zero-order chi connectivity index (χ0) is 38.2. The lowest BCUT2D eigenvalue weighted by Crippen LogP contribution is -2.30. The van der Waals surface area contributed by atoms with Gasteiger partial charge in [0, 0.05) is 19.3 Å². The molecule has 0 aromatic heterocycles. The molecule has 0 aromatic carbocycles. The molecule has 308 valence electrons. The monoisotopic (exact) mass is 737 g/mol. The zero-order valence-electron chi connectivity index (χ0n) is 35.3. The van der Waals surface area contributed by atoms with Crippen LogP contribution in [0.15, 0.2) is 0 Å². The third-order valence-corrected chi connectivity index (χ3v) is 10.3. The summed E-state index contributed by atoms with van der Waals surface area (Å²) in [6.45, 7) is 8.96. The fourth-order valence-corrected chi connectivity index (χ4v) is 6.80. The van der Waals surface area contributed by atoms with Gasteiger partial charge in [-0.05, 0) is 25.2 Å². The lowest BCUT2D eigenvalue weighted by molar-refractivity contribution is -0.167. The van der Waals surface area contributed by atoms with Crippen LogP contribution in [0.3, 0.4) is 0 Å². The van der Waals surface area contributed by atoms with Gasteiger partial charge < -0.3 is 14.2 Å². The van der Waals surface area contributed by atoms with Crippen molar-refractivity contribution in [2.24, 2.45) is 5.92 Å². The van der Waals surface area contributed by atoms with Crippen LogP contribution in [0.25, 0.3) is 0 Å². The second-order valence-corrected chi connectivity index (χ2v) is 16.2. The minimum Gasteiger partial charge on any atom is -0.462 e. The van der Waals surface area contributed by atoms with Gasteiger partial charge in [0.1, 0.15) is 13.2 Å². The summed E-state index contributed by atoms with van der Waals surface area (Å²) in [4.78, 5) is 37.6. The van der Waals surface area contributed by atoms with Crippen molar-refractivity contribution < 1.29 is 28.6 Å². The van der Waals surface area contributed by atoms with E-state index in [2.05, 4.69) is 27.7 Å².